The fourth-order valence-corrected chi connectivity index (χ4v) is 4.00. The molecule has 5 rings (SSSR count). The molecule has 0 aliphatic rings. The van der Waals surface area contributed by atoms with Crippen LogP contribution < -0.4 is 0 Å². The number of aromatic nitrogens is 6. The molecule has 0 saturated carbocycles. The second-order valence-corrected chi connectivity index (χ2v) is 7.85. The van der Waals surface area contributed by atoms with Crippen LogP contribution in [0.3, 0.4) is 0 Å². The van der Waals surface area contributed by atoms with Crippen LogP contribution in [-0.4, -0.2) is 29.7 Å². The highest BCUT2D eigenvalue weighted by atomic mass is 19.1. The molecular formula is C24H22F2N6. The number of imidazole rings is 1. The van der Waals surface area contributed by atoms with Gasteiger partial charge in [-0.25, -0.2) is 13.8 Å². The average Bonchev–Trinajstić information content (AvgIpc) is 3.52. The highest BCUT2D eigenvalue weighted by Crippen LogP contribution is 2.22. The normalized spacial score (nSPS) is 11.4. The lowest BCUT2D eigenvalue weighted by Crippen LogP contribution is -2.10. The van der Waals surface area contributed by atoms with Crippen LogP contribution >= 0.6 is 0 Å². The quantitative estimate of drug-likeness (QED) is 0.377. The summed E-state index contributed by atoms with van der Waals surface area (Å²) in [6, 6.07) is 11.2. The first-order valence-corrected chi connectivity index (χ1v) is 10.5. The molecule has 0 saturated heterocycles. The van der Waals surface area contributed by atoms with Crippen LogP contribution in [0.2, 0.25) is 0 Å². The molecule has 0 fully saturated rings. The summed E-state index contributed by atoms with van der Waals surface area (Å²) < 4.78 is 29.0. The Labute approximate surface area is 183 Å². The molecule has 0 radical (unpaired) electrons. The lowest BCUT2D eigenvalue weighted by Gasteiger charge is -2.10. The third-order valence-corrected chi connectivity index (χ3v) is 5.64. The van der Waals surface area contributed by atoms with Gasteiger partial charge in [-0.2, -0.15) is 0 Å². The van der Waals surface area contributed by atoms with Gasteiger partial charge in [0.15, 0.2) is 0 Å². The molecule has 0 aliphatic heterocycles. The van der Waals surface area contributed by atoms with Crippen LogP contribution in [0.15, 0.2) is 61.2 Å². The number of nitrogens with zero attached hydrogens (tertiary/aromatic N) is 4. The van der Waals surface area contributed by atoms with Crippen LogP contribution in [0.25, 0.3) is 10.9 Å². The predicted molar refractivity (Wildman–Crippen MR) is 117 cm³/mol. The summed E-state index contributed by atoms with van der Waals surface area (Å²) in [5.41, 5.74) is 3.86. The molecule has 3 heterocycles. The summed E-state index contributed by atoms with van der Waals surface area (Å²) in [5.74, 6) is 1.15. The Morgan fingerprint density at radius 2 is 1.66 bits per heavy atom. The number of aryl methyl sites for hydroxylation is 1. The van der Waals surface area contributed by atoms with Crippen LogP contribution in [0, 0.1) is 11.6 Å². The van der Waals surface area contributed by atoms with E-state index in [9.17, 15) is 8.78 Å². The fraction of sp³-hybridized carbons (Fsp3) is 0.208. The number of halogens is 2. The molecule has 0 atom stereocenters. The second kappa shape index (κ2) is 8.74. The van der Waals surface area contributed by atoms with Gasteiger partial charge in [-0.05, 0) is 54.3 Å². The van der Waals surface area contributed by atoms with Crippen molar-refractivity contribution in [3.05, 3.63) is 101 Å². The zero-order chi connectivity index (χ0) is 21.9. The zero-order valence-corrected chi connectivity index (χ0v) is 17.4. The lowest BCUT2D eigenvalue weighted by molar-refractivity contribution is 0.593. The lowest BCUT2D eigenvalue weighted by atomic mass is 10.1. The summed E-state index contributed by atoms with van der Waals surface area (Å²) in [5, 5.41) is 9.90. The topological polar surface area (TPSA) is 75.2 Å². The van der Waals surface area contributed by atoms with Gasteiger partial charge in [-0.3, -0.25) is 0 Å². The molecule has 0 bridgehead atoms. The molecule has 162 valence electrons. The molecule has 3 aromatic heterocycles. The van der Waals surface area contributed by atoms with Gasteiger partial charge in [0.25, 0.3) is 0 Å². The van der Waals surface area contributed by atoms with Gasteiger partial charge in [0.1, 0.15) is 23.3 Å². The molecule has 6 nitrogen and oxygen atoms in total. The number of hydrogen-bond donors (Lipinski definition) is 2. The maximum atomic E-state index is 13.6. The van der Waals surface area contributed by atoms with Crippen molar-refractivity contribution in [2.45, 2.75) is 32.2 Å². The van der Waals surface area contributed by atoms with Gasteiger partial charge >= 0.3 is 0 Å². The molecule has 2 aromatic carbocycles. The van der Waals surface area contributed by atoms with E-state index in [1.54, 1.807) is 24.5 Å². The maximum absolute atomic E-state index is 13.6. The fourth-order valence-electron chi connectivity index (χ4n) is 4.00. The minimum atomic E-state index is -0.269. The summed E-state index contributed by atoms with van der Waals surface area (Å²) in [6.45, 7) is 0.745. The van der Waals surface area contributed by atoms with Crippen molar-refractivity contribution >= 4 is 10.9 Å². The van der Waals surface area contributed by atoms with E-state index in [0.29, 0.717) is 12.8 Å². The van der Waals surface area contributed by atoms with E-state index in [4.69, 9.17) is 0 Å². The van der Waals surface area contributed by atoms with Crippen LogP contribution in [-0.2, 0) is 25.8 Å². The van der Waals surface area contributed by atoms with E-state index in [2.05, 4.69) is 29.7 Å². The van der Waals surface area contributed by atoms with E-state index in [1.807, 2.05) is 12.4 Å². The number of fused-ring (bicyclic) bond motifs is 1. The number of rotatable bonds is 8. The minimum absolute atomic E-state index is 0.258. The number of benzene rings is 2. The predicted octanol–water partition coefficient (Wildman–Crippen LogP) is 4.58. The number of H-pyrrole nitrogens is 2. The van der Waals surface area contributed by atoms with Crippen molar-refractivity contribution in [2.75, 3.05) is 0 Å². The standard InChI is InChI=1S/C24H22F2N6/c25-18-5-3-16(4-6-18)10-23-30-31-24(32(23)9-1-2-20-14-27-15-29-20)11-17-13-28-22-12-19(26)7-8-21(17)22/h3-8,12-15,28H,1-2,9-11H2,(H,27,29). The van der Waals surface area contributed by atoms with Crippen molar-refractivity contribution in [1.82, 2.24) is 29.7 Å². The molecule has 2 N–H and O–H groups in total. The van der Waals surface area contributed by atoms with Gasteiger partial charge in [0.05, 0.1) is 6.33 Å². The van der Waals surface area contributed by atoms with Gasteiger partial charge in [-0.15, -0.1) is 10.2 Å². The van der Waals surface area contributed by atoms with E-state index >= 15 is 0 Å². The Kier molecular flexibility index (Phi) is 5.49. The van der Waals surface area contributed by atoms with E-state index in [1.165, 1.54) is 24.3 Å². The second-order valence-electron chi connectivity index (χ2n) is 7.85. The summed E-state index contributed by atoms with van der Waals surface area (Å²) >= 11 is 0. The Morgan fingerprint density at radius 1 is 0.875 bits per heavy atom. The van der Waals surface area contributed by atoms with Crippen molar-refractivity contribution in [3.63, 3.8) is 0 Å². The SMILES string of the molecule is Fc1ccc(Cc2nnc(Cc3c[nH]c4cc(F)ccc34)n2CCCc2cnc[nH]2)cc1. The molecular weight excluding hydrogens is 410 g/mol. The Morgan fingerprint density at radius 3 is 2.44 bits per heavy atom. The van der Waals surface area contributed by atoms with Gasteiger partial charge in [-0.1, -0.05) is 12.1 Å². The van der Waals surface area contributed by atoms with Crippen molar-refractivity contribution in [1.29, 1.82) is 0 Å². The minimum Gasteiger partial charge on any atom is -0.361 e. The molecule has 0 unspecified atom stereocenters. The van der Waals surface area contributed by atoms with Crippen molar-refractivity contribution in [2.24, 2.45) is 0 Å². The van der Waals surface area contributed by atoms with Crippen molar-refractivity contribution < 1.29 is 8.78 Å². The Balaban J connectivity index is 1.42. The molecule has 5 aromatic rings. The average molecular weight is 432 g/mol. The highest BCUT2D eigenvalue weighted by molar-refractivity contribution is 5.83. The van der Waals surface area contributed by atoms with Crippen molar-refractivity contribution in [3.8, 4) is 0 Å². The van der Waals surface area contributed by atoms with E-state index < -0.39 is 0 Å². The molecule has 8 heteroatoms. The summed E-state index contributed by atoms with van der Waals surface area (Å²) in [4.78, 5) is 10.3. The molecule has 0 spiro atoms. The number of aromatic amines is 2. The van der Waals surface area contributed by atoms with E-state index in [-0.39, 0.29) is 11.6 Å². The van der Waals surface area contributed by atoms with Gasteiger partial charge < -0.3 is 14.5 Å². The number of nitrogens with one attached hydrogen (secondary N) is 2. The molecule has 0 aliphatic carbocycles. The van der Waals surface area contributed by atoms with Gasteiger partial charge in [0.2, 0.25) is 0 Å². The first-order valence-electron chi connectivity index (χ1n) is 10.5. The third-order valence-electron chi connectivity index (χ3n) is 5.64. The third kappa shape index (κ3) is 4.30. The van der Waals surface area contributed by atoms with E-state index in [0.717, 1.165) is 58.8 Å². The first-order chi connectivity index (χ1) is 15.7. The Bertz CT molecular complexity index is 1320. The zero-order valence-electron chi connectivity index (χ0n) is 17.4. The first kappa shape index (κ1) is 20.1. The maximum Gasteiger partial charge on any atom is 0.137 e. The van der Waals surface area contributed by atoms with Crippen LogP contribution in [0.5, 0.6) is 0 Å². The molecule has 0 amide bonds. The molecule has 32 heavy (non-hydrogen) atoms. The summed E-state index contributed by atoms with van der Waals surface area (Å²) in [7, 11) is 0. The monoisotopic (exact) mass is 432 g/mol. The smallest absolute Gasteiger partial charge is 0.137 e. The number of hydrogen-bond acceptors (Lipinski definition) is 3. The Hall–Kier alpha value is -3.81. The highest BCUT2D eigenvalue weighted by Gasteiger charge is 2.15. The van der Waals surface area contributed by atoms with Crippen LogP contribution in [0.4, 0.5) is 8.78 Å². The summed E-state index contributed by atoms with van der Waals surface area (Å²) in [6.07, 6.45) is 8.30. The largest absolute Gasteiger partial charge is 0.361 e. The van der Waals surface area contributed by atoms with Gasteiger partial charge in [0, 0.05) is 48.4 Å². The van der Waals surface area contributed by atoms with Crippen LogP contribution in [0.1, 0.15) is 34.9 Å².